The fourth-order valence-corrected chi connectivity index (χ4v) is 8.69. The van der Waals surface area contributed by atoms with E-state index in [0.717, 1.165) is 37.7 Å². The number of ketones is 1. The number of epoxide rings is 1. The Morgan fingerprint density at radius 3 is 2.67 bits per heavy atom. The highest BCUT2D eigenvalue weighted by Crippen LogP contribution is 2.78. The molecule has 30 heavy (non-hydrogen) atoms. The van der Waals surface area contributed by atoms with Gasteiger partial charge < -0.3 is 14.2 Å². The van der Waals surface area contributed by atoms with Gasteiger partial charge in [-0.15, -0.1) is 0 Å². The van der Waals surface area contributed by atoms with Gasteiger partial charge in [-0.25, -0.2) is 0 Å². The molecule has 1 unspecified atom stereocenters. The molecule has 6 rings (SSSR count). The Morgan fingerprint density at radius 1 is 1.17 bits per heavy atom. The molecule has 5 fully saturated rings. The SMILES string of the molecule is COC(=O)[C@@H]1CC2=CC(=O)CC[C@]2(C)[C@@]23OC2C[C@@]2(C)[C@@H](CC[C@@]24CCC(=O)O4)[C@H]13. The highest BCUT2D eigenvalue weighted by molar-refractivity contribution is 5.92. The summed E-state index contributed by atoms with van der Waals surface area (Å²) in [6.45, 7) is 4.51. The van der Waals surface area contributed by atoms with Crippen LogP contribution >= 0.6 is 0 Å². The van der Waals surface area contributed by atoms with Crippen LogP contribution in [-0.2, 0) is 28.6 Å². The number of rotatable bonds is 1. The normalized spacial score (nSPS) is 53.2. The van der Waals surface area contributed by atoms with Gasteiger partial charge in [-0.2, -0.15) is 0 Å². The van der Waals surface area contributed by atoms with Crippen LogP contribution in [0.3, 0.4) is 0 Å². The van der Waals surface area contributed by atoms with Crippen LogP contribution in [-0.4, -0.2) is 42.1 Å². The van der Waals surface area contributed by atoms with E-state index >= 15 is 0 Å². The number of hydrogen-bond donors (Lipinski definition) is 0. The molecule has 0 bridgehead atoms. The number of ether oxygens (including phenoxy) is 3. The molecule has 0 amide bonds. The Bertz CT molecular complexity index is 907. The van der Waals surface area contributed by atoms with Crippen molar-refractivity contribution in [3.63, 3.8) is 0 Å². The number of carbonyl (C=O) groups excluding carboxylic acids is 3. The number of carbonyl (C=O) groups is 3. The highest BCUT2D eigenvalue weighted by Gasteiger charge is 2.83. The summed E-state index contributed by atoms with van der Waals surface area (Å²) < 4.78 is 17.9. The van der Waals surface area contributed by atoms with Gasteiger partial charge in [0.1, 0.15) is 11.2 Å². The van der Waals surface area contributed by atoms with E-state index < -0.39 is 11.2 Å². The van der Waals surface area contributed by atoms with Crippen molar-refractivity contribution in [2.24, 2.45) is 28.6 Å². The van der Waals surface area contributed by atoms with Crippen LogP contribution in [0.1, 0.15) is 65.2 Å². The molecule has 2 saturated heterocycles. The molecule has 0 aromatic heterocycles. The highest BCUT2D eigenvalue weighted by atomic mass is 16.6. The van der Waals surface area contributed by atoms with Gasteiger partial charge >= 0.3 is 11.9 Å². The molecule has 6 heteroatoms. The molecule has 6 aliphatic rings. The molecule has 6 nitrogen and oxygen atoms in total. The molecule has 2 aliphatic heterocycles. The van der Waals surface area contributed by atoms with E-state index in [4.69, 9.17) is 14.2 Å². The summed E-state index contributed by atoms with van der Waals surface area (Å²) >= 11 is 0. The second kappa shape index (κ2) is 5.56. The molecular weight excluding hydrogens is 384 g/mol. The first-order chi connectivity index (χ1) is 14.2. The van der Waals surface area contributed by atoms with Crippen molar-refractivity contribution in [1.82, 2.24) is 0 Å². The monoisotopic (exact) mass is 414 g/mol. The average Bonchev–Trinajstić information content (AvgIpc) is 3.20. The Morgan fingerprint density at radius 2 is 1.97 bits per heavy atom. The summed E-state index contributed by atoms with van der Waals surface area (Å²) in [5, 5.41) is 0. The van der Waals surface area contributed by atoms with Crippen LogP contribution in [0.25, 0.3) is 0 Å². The molecule has 3 saturated carbocycles. The van der Waals surface area contributed by atoms with E-state index in [0.29, 0.717) is 19.3 Å². The smallest absolute Gasteiger partial charge is 0.309 e. The summed E-state index contributed by atoms with van der Waals surface area (Å²) in [4.78, 5) is 37.4. The van der Waals surface area contributed by atoms with Gasteiger partial charge in [0, 0.05) is 29.6 Å². The van der Waals surface area contributed by atoms with Gasteiger partial charge in [0.15, 0.2) is 5.78 Å². The summed E-state index contributed by atoms with van der Waals surface area (Å²) in [5.74, 6) is -0.201. The van der Waals surface area contributed by atoms with E-state index in [9.17, 15) is 14.4 Å². The Balaban J connectivity index is 1.49. The van der Waals surface area contributed by atoms with Gasteiger partial charge in [-0.1, -0.05) is 19.4 Å². The van der Waals surface area contributed by atoms with Crippen molar-refractivity contribution in [3.8, 4) is 0 Å². The molecule has 0 aromatic rings. The lowest BCUT2D eigenvalue weighted by atomic mass is 9.43. The second-order valence-electron chi connectivity index (χ2n) is 11.0. The van der Waals surface area contributed by atoms with Crippen LogP contribution in [0.4, 0.5) is 0 Å². The molecule has 2 heterocycles. The van der Waals surface area contributed by atoms with Crippen LogP contribution in [0.5, 0.6) is 0 Å². The third kappa shape index (κ3) is 1.94. The van der Waals surface area contributed by atoms with Gasteiger partial charge in [-0.05, 0) is 50.5 Å². The standard InChI is InChI=1S/C24H30O6/c1-21-7-4-14(25)10-13(21)11-15(20(27)28-3)19-16-5-8-23(9-6-18(26)30-23)22(16,2)12-17-24(19,21)29-17/h10,15-17,19H,4-9,11-12H2,1-3H3/t15-,16+,17?,19+,21+,22+,23-,24-/m1/s1. The predicted octanol–water partition coefficient (Wildman–Crippen LogP) is 3.12. The number of esters is 2. The summed E-state index contributed by atoms with van der Waals surface area (Å²) in [5.41, 5.74) is -0.175. The summed E-state index contributed by atoms with van der Waals surface area (Å²) in [7, 11) is 1.45. The third-order valence-corrected chi connectivity index (χ3v) is 10.2. The third-order valence-electron chi connectivity index (χ3n) is 10.2. The lowest BCUT2D eigenvalue weighted by molar-refractivity contribution is -0.172. The lowest BCUT2D eigenvalue weighted by Gasteiger charge is -2.58. The first-order valence-corrected chi connectivity index (χ1v) is 11.4. The first-order valence-electron chi connectivity index (χ1n) is 11.4. The van der Waals surface area contributed by atoms with E-state index in [-0.39, 0.29) is 52.4 Å². The largest absolute Gasteiger partial charge is 0.469 e. The predicted molar refractivity (Wildman–Crippen MR) is 105 cm³/mol. The minimum atomic E-state index is -0.424. The first kappa shape index (κ1) is 19.0. The maximum atomic E-state index is 13.0. The minimum Gasteiger partial charge on any atom is -0.469 e. The van der Waals surface area contributed by atoms with Crippen LogP contribution < -0.4 is 0 Å². The van der Waals surface area contributed by atoms with E-state index in [2.05, 4.69) is 13.8 Å². The fraction of sp³-hybridized carbons (Fsp3) is 0.792. The zero-order valence-electron chi connectivity index (χ0n) is 18.0. The van der Waals surface area contributed by atoms with E-state index in [1.54, 1.807) is 6.08 Å². The molecule has 4 aliphatic carbocycles. The number of hydrogen-bond acceptors (Lipinski definition) is 6. The Labute approximate surface area is 176 Å². The van der Waals surface area contributed by atoms with Crippen molar-refractivity contribution in [2.45, 2.75) is 82.5 Å². The van der Waals surface area contributed by atoms with Gasteiger partial charge in [-0.3, -0.25) is 14.4 Å². The zero-order valence-corrected chi connectivity index (χ0v) is 18.0. The summed E-state index contributed by atoms with van der Waals surface area (Å²) in [6, 6.07) is 0. The molecule has 2 spiro atoms. The maximum Gasteiger partial charge on any atom is 0.309 e. The van der Waals surface area contributed by atoms with Gasteiger partial charge in [0.05, 0.1) is 19.1 Å². The molecule has 8 atom stereocenters. The van der Waals surface area contributed by atoms with E-state index in [1.807, 2.05) is 0 Å². The van der Waals surface area contributed by atoms with Crippen molar-refractivity contribution in [2.75, 3.05) is 7.11 Å². The average molecular weight is 414 g/mol. The second-order valence-corrected chi connectivity index (χ2v) is 11.0. The van der Waals surface area contributed by atoms with Crippen molar-refractivity contribution in [3.05, 3.63) is 11.6 Å². The van der Waals surface area contributed by atoms with Crippen molar-refractivity contribution in [1.29, 1.82) is 0 Å². The topological polar surface area (TPSA) is 82.2 Å². The van der Waals surface area contributed by atoms with Crippen LogP contribution in [0.2, 0.25) is 0 Å². The molecule has 0 aromatic carbocycles. The van der Waals surface area contributed by atoms with Crippen molar-refractivity contribution < 1.29 is 28.6 Å². The summed E-state index contributed by atoms with van der Waals surface area (Å²) in [6.07, 6.45) is 7.61. The minimum absolute atomic E-state index is 0.0303. The molecule has 162 valence electrons. The zero-order chi connectivity index (χ0) is 21.1. The molecule has 0 N–H and O–H groups in total. The fourth-order valence-electron chi connectivity index (χ4n) is 8.69. The van der Waals surface area contributed by atoms with Crippen LogP contribution in [0, 0.1) is 28.6 Å². The Hall–Kier alpha value is -1.69. The van der Waals surface area contributed by atoms with Gasteiger partial charge in [0.25, 0.3) is 0 Å². The Kier molecular flexibility index (Phi) is 3.53. The molecular formula is C24H30O6. The maximum absolute atomic E-state index is 13.0. The van der Waals surface area contributed by atoms with Crippen LogP contribution in [0.15, 0.2) is 11.6 Å². The number of methoxy groups -OCH3 is 1. The van der Waals surface area contributed by atoms with E-state index in [1.165, 1.54) is 7.11 Å². The lowest BCUT2D eigenvalue weighted by Crippen LogP contribution is -2.63. The number of fused-ring (bicyclic) bond motifs is 4. The molecule has 0 radical (unpaired) electrons. The van der Waals surface area contributed by atoms with Gasteiger partial charge in [0.2, 0.25) is 0 Å². The quantitative estimate of drug-likeness (QED) is 0.484. The van der Waals surface area contributed by atoms with Crippen molar-refractivity contribution >= 4 is 17.7 Å².